The van der Waals surface area contributed by atoms with Crippen molar-refractivity contribution in [3.05, 3.63) is 101 Å². The van der Waals surface area contributed by atoms with Crippen LogP contribution >= 0.6 is 0 Å². The van der Waals surface area contributed by atoms with Crippen LogP contribution in [-0.4, -0.2) is 28.7 Å². The number of para-hydroxylation sites is 1. The molecule has 0 radical (unpaired) electrons. The Hall–Kier alpha value is -3.93. The van der Waals surface area contributed by atoms with E-state index in [1.165, 1.54) is 4.90 Å². The highest BCUT2D eigenvalue weighted by molar-refractivity contribution is 6.21. The van der Waals surface area contributed by atoms with Crippen molar-refractivity contribution < 1.29 is 19.1 Å². The molecule has 1 heterocycles. The van der Waals surface area contributed by atoms with Crippen molar-refractivity contribution in [2.24, 2.45) is 0 Å². The van der Waals surface area contributed by atoms with Crippen molar-refractivity contribution in [1.82, 2.24) is 10.2 Å². The Morgan fingerprint density at radius 3 is 2.09 bits per heavy atom. The summed E-state index contributed by atoms with van der Waals surface area (Å²) in [5.74, 6) is -0.0554. The summed E-state index contributed by atoms with van der Waals surface area (Å²) in [5.41, 5.74) is 3.02. The topological polar surface area (TPSA) is 75.7 Å². The first kappa shape index (κ1) is 21.3. The first-order chi connectivity index (χ1) is 15.4. The van der Waals surface area contributed by atoms with Crippen LogP contribution in [-0.2, 0) is 13.1 Å². The van der Waals surface area contributed by atoms with Gasteiger partial charge in [0.2, 0.25) is 0 Å². The third-order valence-electron chi connectivity index (χ3n) is 5.21. The molecule has 32 heavy (non-hydrogen) atoms. The Bertz CT molecular complexity index is 1130. The Labute approximate surface area is 186 Å². The zero-order valence-electron chi connectivity index (χ0n) is 18.0. The lowest BCUT2D eigenvalue weighted by Crippen LogP contribution is -2.29. The summed E-state index contributed by atoms with van der Waals surface area (Å²) in [6.07, 6.45) is 0.0431. The number of rotatable bonds is 7. The minimum Gasteiger partial charge on any atom is -0.491 e. The van der Waals surface area contributed by atoms with E-state index in [1.807, 2.05) is 38.1 Å². The molecule has 0 spiro atoms. The number of ether oxygens (including phenoxy) is 1. The van der Waals surface area contributed by atoms with Crippen LogP contribution in [0.1, 0.15) is 56.0 Å². The van der Waals surface area contributed by atoms with E-state index in [4.69, 9.17) is 4.74 Å². The van der Waals surface area contributed by atoms with Crippen LogP contribution in [0.4, 0.5) is 0 Å². The van der Waals surface area contributed by atoms with Crippen molar-refractivity contribution in [1.29, 1.82) is 0 Å². The number of nitrogens with one attached hydrogen (secondary N) is 1. The van der Waals surface area contributed by atoms with Gasteiger partial charge in [-0.25, -0.2) is 0 Å². The van der Waals surface area contributed by atoms with Crippen molar-refractivity contribution in [3.63, 3.8) is 0 Å². The average molecular weight is 428 g/mol. The molecular weight excluding hydrogens is 404 g/mol. The number of fused-ring (bicyclic) bond motifs is 1. The SMILES string of the molecule is CC(C)Oc1ccccc1CNC(=O)c1ccc(CN2C(=O)c3ccccc3C2=O)cc1. The van der Waals surface area contributed by atoms with E-state index in [0.29, 0.717) is 23.2 Å². The van der Waals surface area contributed by atoms with Crippen LogP contribution in [0.2, 0.25) is 0 Å². The van der Waals surface area contributed by atoms with E-state index in [1.54, 1.807) is 48.5 Å². The first-order valence-electron chi connectivity index (χ1n) is 10.5. The monoisotopic (exact) mass is 428 g/mol. The number of nitrogens with zero attached hydrogens (tertiary/aromatic N) is 1. The standard InChI is InChI=1S/C26H24N2O4/c1-17(2)32-23-10-6-3-7-20(23)15-27-24(29)19-13-11-18(12-14-19)16-28-25(30)21-8-4-5-9-22(21)26(28)31/h3-14,17H,15-16H2,1-2H3,(H,27,29). The highest BCUT2D eigenvalue weighted by atomic mass is 16.5. The maximum absolute atomic E-state index is 12.6. The third kappa shape index (κ3) is 4.39. The van der Waals surface area contributed by atoms with Gasteiger partial charge in [-0.15, -0.1) is 0 Å². The second-order valence-electron chi connectivity index (χ2n) is 7.90. The maximum atomic E-state index is 12.6. The fourth-order valence-corrected chi connectivity index (χ4v) is 3.62. The Kier molecular flexibility index (Phi) is 6.03. The molecule has 1 N–H and O–H groups in total. The molecule has 3 aromatic carbocycles. The molecule has 0 saturated carbocycles. The summed E-state index contributed by atoms with van der Waals surface area (Å²) in [7, 11) is 0. The van der Waals surface area contributed by atoms with Gasteiger partial charge in [0.1, 0.15) is 5.75 Å². The van der Waals surface area contributed by atoms with E-state index < -0.39 is 0 Å². The molecule has 4 rings (SSSR count). The molecule has 6 heteroatoms. The normalized spacial score (nSPS) is 12.8. The number of hydrogen-bond acceptors (Lipinski definition) is 4. The molecule has 0 atom stereocenters. The molecule has 0 unspecified atom stereocenters. The molecule has 3 amide bonds. The fraction of sp³-hybridized carbons (Fsp3) is 0.192. The molecule has 0 fully saturated rings. The van der Waals surface area contributed by atoms with Crippen molar-refractivity contribution in [2.45, 2.75) is 33.0 Å². The van der Waals surface area contributed by atoms with E-state index in [2.05, 4.69) is 5.32 Å². The van der Waals surface area contributed by atoms with E-state index >= 15 is 0 Å². The van der Waals surface area contributed by atoms with Gasteiger partial charge in [-0.3, -0.25) is 19.3 Å². The summed E-state index contributed by atoms with van der Waals surface area (Å²) in [6, 6.07) is 21.3. The number of benzene rings is 3. The van der Waals surface area contributed by atoms with Gasteiger partial charge in [-0.05, 0) is 49.7 Å². The van der Waals surface area contributed by atoms with Crippen molar-refractivity contribution in [2.75, 3.05) is 0 Å². The number of carbonyl (C=O) groups is 3. The highest BCUT2D eigenvalue weighted by Crippen LogP contribution is 2.24. The average Bonchev–Trinajstić information content (AvgIpc) is 3.03. The second kappa shape index (κ2) is 9.06. The Morgan fingerprint density at radius 2 is 1.47 bits per heavy atom. The van der Waals surface area contributed by atoms with Crippen LogP contribution in [0, 0.1) is 0 Å². The number of hydrogen-bond donors (Lipinski definition) is 1. The van der Waals surface area contributed by atoms with Gasteiger partial charge in [-0.1, -0.05) is 42.5 Å². The molecule has 162 valence electrons. The molecule has 0 aromatic heterocycles. The summed E-state index contributed by atoms with van der Waals surface area (Å²) in [6.45, 7) is 4.42. The lowest BCUT2D eigenvalue weighted by Gasteiger charge is -2.15. The molecule has 0 bridgehead atoms. The molecule has 3 aromatic rings. The quantitative estimate of drug-likeness (QED) is 0.573. The fourth-order valence-electron chi connectivity index (χ4n) is 3.62. The van der Waals surface area contributed by atoms with E-state index in [-0.39, 0.29) is 30.4 Å². The van der Waals surface area contributed by atoms with E-state index in [9.17, 15) is 14.4 Å². The highest BCUT2D eigenvalue weighted by Gasteiger charge is 2.34. The predicted octanol–water partition coefficient (Wildman–Crippen LogP) is 4.20. The summed E-state index contributed by atoms with van der Waals surface area (Å²) in [5, 5.41) is 2.91. The largest absolute Gasteiger partial charge is 0.491 e. The number of amides is 3. The van der Waals surface area contributed by atoms with Gasteiger partial charge in [0, 0.05) is 17.7 Å². The summed E-state index contributed by atoms with van der Waals surface area (Å²) < 4.78 is 5.79. The van der Waals surface area contributed by atoms with Gasteiger partial charge in [0.05, 0.1) is 23.8 Å². The zero-order valence-corrected chi connectivity index (χ0v) is 18.0. The van der Waals surface area contributed by atoms with E-state index in [0.717, 1.165) is 16.9 Å². The van der Waals surface area contributed by atoms with Gasteiger partial charge in [0.15, 0.2) is 0 Å². The third-order valence-corrected chi connectivity index (χ3v) is 5.21. The van der Waals surface area contributed by atoms with Gasteiger partial charge in [0.25, 0.3) is 17.7 Å². The zero-order chi connectivity index (χ0) is 22.7. The molecule has 0 aliphatic carbocycles. The van der Waals surface area contributed by atoms with Crippen molar-refractivity contribution in [3.8, 4) is 5.75 Å². The van der Waals surface area contributed by atoms with Crippen LogP contribution in [0.15, 0.2) is 72.8 Å². The molecular formula is C26H24N2O4. The number of imide groups is 1. The van der Waals surface area contributed by atoms with Gasteiger partial charge in [-0.2, -0.15) is 0 Å². The Morgan fingerprint density at radius 1 is 0.875 bits per heavy atom. The molecule has 6 nitrogen and oxygen atoms in total. The smallest absolute Gasteiger partial charge is 0.261 e. The lowest BCUT2D eigenvalue weighted by molar-refractivity contribution is 0.0641. The minimum absolute atomic E-state index is 0.0431. The summed E-state index contributed by atoms with van der Waals surface area (Å²) in [4.78, 5) is 38.9. The lowest BCUT2D eigenvalue weighted by atomic mass is 10.1. The molecule has 1 aliphatic rings. The molecule has 0 saturated heterocycles. The van der Waals surface area contributed by atoms with Crippen LogP contribution in [0.25, 0.3) is 0 Å². The van der Waals surface area contributed by atoms with Crippen LogP contribution < -0.4 is 10.1 Å². The summed E-state index contributed by atoms with van der Waals surface area (Å²) >= 11 is 0. The van der Waals surface area contributed by atoms with Gasteiger partial charge >= 0.3 is 0 Å². The van der Waals surface area contributed by atoms with Crippen molar-refractivity contribution >= 4 is 17.7 Å². The minimum atomic E-state index is -0.297. The molecule has 1 aliphatic heterocycles. The van der Waals surface area contributed by atoms with Crippen LogP contribution in [0.5, 0.6) is 5.75 Å². The predicted molar refractivity (Wildman–Crippen MR) is 120 cm³/mol. The first-order valence-corrected chi connectivity index (χ1v) is 10.5. The second-order valence-corrected chi connectivity index (χ2v) is 7.90. The number of carbonyl (C=O) groups excluding carboxylic acids is 3. The maximum Gasteiger partial charge on any atom is 0.261 e. The van der Waals surface area contributed by atoms with Crippen LogP contribution in [0.3, 0.4) is 0 Å². The van der Waals surface area contributed by atoms with Gasteiger partial charge < -0.3 is 10.1 Å². The Balaban J connectivity index is 1.39.